The molecule has 1 aromatic rings. The van der Waals surface area contributed by atoms with Crippen LogP contribution in [0.15, 0.2) is 18.2 Å². The molecular weight excluding hydrogens is 292 g/mol. The number of nitrogens with one attached hydrogen (secondary N) is 2. The zero-order valence-electron chi connectivity index (χ0n) is 12.2. The van der Waals surface area contributed by atoms with Crippen molar-refractivity contribution >= 4 is 23.2 Å². The lowest BCUT2D eigenvalue weighted by atomic mass is 10.2. The van der Waals surface area contributed by atoms with Gasteiger partial charge >= 0.3 is 0 Å². The predicted octanol–water partition coefficient (Wildman–Crippen LogP) is 2.45. The maximum absolute atomic E-state index is 12.0. The average molecular weight is 313 g/mol. The maximum atomic E-state index is 12.0. The van der Waals surface area contributed by atoms with E-state index in [-0.39, 0.29) is 11.9 Å². The number of morpholine rings is 1. The standard InChI is InChI=1S/C15H21ClN2O3/c1-2-6-21-14-4-3-11(8-13(14)16)18-15(19)9-12-10-20-7-5-17-12/h3-4,8,12,17H,2,5-7,9-10H2,1H3,(H,18,19). The van der Waals surface area contributed by atoms with Gasteiger partial charge in [0.15, 0.2) is 0 Å². The molecule has 21 heavy (non-hydrogen) atoms. The molecule has 1 heterocycles. The minimum Gasteiger partial charge on any atom is -0.492 e. The molecule has 1 saturated heterocycles. The molecule has 0 spiro atoms. The van der Waals surface area contributed by atoms with E-state index in [0.717, 1.165) is 13.0 Å². The van der Waals surface area contributed by atoms with Crippen molar-refractivity contribution in [3.05, 3.63) is 23.2 Å². The molecule has 6 heteroatoms. The molecule has 116 valence electrons. The Kier molecular flexibility index (Phi) is 6.29. The van der Waals surface area contributed by atoms with Gasteiger partial charge in [-0.2, -0.15) is 0 Å². The van der Waals surface area contributed by atoms with Gasteiger partial charge in [0.25, 0.3) is 0 Å². The van der Waals surface area contributed by atoms with Crippen molar-refractivity contribution in [1.82, 2.24) is 5.32 Å². The average Bonchev–Trinajstić information content (AvgIpc) is 2.47. The molecule has 0 aromatic heterocycles. The first-order valence-corrected chi connectivity index (χ1v) is 7.60. The molecule has 1 aliphatic rings. The normalized spacial score (nSPS) is 18.3. The summed E-state index contributed by atoms with van der Waals surface area (Å²) in [4.78, 5) is 12.0. The smallest absolute Gasteiger partial charge is 0.226 e. The van der Waals surface area contributed by atoms with Gasteiger partial charge in [0.05, 0.1) is 24.8 Å². The van der Waals surface area contributed by atoms with Crippen LogP contribution in [-0.4, -0.2) is 38.3 Å². The Hall–Kier alpha value is -1.30. The van der Waals surface area contributed by atoms with E-state index in [1.165, 1.54) is 0 Å². The van der Waals surface area contributed by atoms with Gasteiger partial charge in [0, 0.05) is 24.7 Å². The van der Waals surface area contributed by atoms with Crippen molar-refractivity contribution in [2.24, 2.45) is 0 Å². The molecule has 2 N–H and O–H groups in total. The molecule has 1 unspecified atom stereocenters. The van der Waals surface area contributed by atoms with Gasteiger partial charge in [0.2, 0.25) is 5.91 Å². The summed E-state index contributed by atoms with van der Waals surface area (Å²) in [6, 6.07) is 5.34. The highest BCUT2D eigenvalue weighted by atomic mass is 35.5. The van der Waals surface area contributed by atoms with Gasteiger partial charge in [0.1, 0.15) is 5.75 Å². The van der Waals surface area contributed by atoms with E-state index < -0.39 is 0 Å². The number of benzene rings is 1. The molecule has 1 atom stereocenters. The molecule has 1 aromatic carbocycles. The van der Waals surface area contributed by atoms with E-state index >= 15 is 0 Å². The third-order valence-electron chi connectivity index (χ3n) is 3.11. The van der Waals surface area contributed by atoms with Crippen LogP contribution in [0.25, 0.3) is 0 Å². The summed E-state index contributed by atoms with van der Waals surface area (Å²) in [6.45, 7) is 4.71. The lowest BCUT2D eigenvalue weighted by Crippen LogP contribution is -2.43. The topological polar surface area (TPSA) is 59.6 Å². The number of hydrogen-bond donors (Lipinski definition) is 2. The lowest BCUT2D eigenvalue weighted by Gasteiger charge is -2.23. The van der Waals surface area contributed by atoms with Crippen LogP contribution < -0.4 is 15.4 Å². The highest BCUT2D eigenvalue weighted by Gasteiger charge is 2.17. The van der Waals surface area contributed by atoms with E-state index in [4.69, 9.17) is 21.1 Å². The first-order valence-electron chi connectivity index (χ1n) is 7.22. The van der Waals surface area contributed by atoms with Crippen LogP contribution in [0.5, 0.6) is 5.75 Å². The fraction of sp³-hybridized carbons (Fsp3) is 0.533. The van der Waals surface area contributed by atoms with Crippen LogP contribution in [0.3, 0.4) is 0 Å². The Balaban J connectivity index is 1.86. The fourth-order valence-corrected chi connectivity index (χ4v) is 2.33. The first-order chi connectivity index (χ1) is 10.2. The van der Waals surface area contributed by atoms with Crippen molar-refractivity contribution in [2.45, 2.75) is 25.8 Å². The van der Waals surface area contributed by atoms with Gasteiger partial charge in [-0.1, -0.05) is 18.5 Å². The van der Waals surface area contributed by atoms with Crippen molar-refractivity contribution in [2.75, 3.05) is 31.7 Å². The SMILES string of the molecule is CCCOc1ccc(NC(=O)CC2COCCN2)cc1Cl. The van der Waals surface area contributed by atoms with E-state index in [1.807, 2.05) is 6.92 Å². The minimum atomic E-state index is -0.0590. The molecule has 1 aliphatic heterocycles. The van der Waals surface area contributed by atoms with Gasteiger partial charge in [-0.05, 0) is 24.6 Å². The summed E-state index contributed by atoms with van der Waals surface area (Å²) < 4.78 is 10.8. The second kappa shape index (κ2) is 8.22. The molecule has 0 saturated carbocycles. The van der Waals surface area contributed by atoms with E-state index in [1.54, 1.807) is 18.2 Å². The number of carbonyl (C=O) groups excluding carboxylic acids is 1. The summed E-state index contributed by atoms with van der Waals surface area (Å²) >= 11 is 6.13. The number of hydrogen-bond acceptors (Lipinski definition) is 4. The van der Waals surface area contributed by atoms with Crippen LogP contribution in [0.2, 0.25) is 5.02 Å². The number of anilines is 1. The molecular formula is C15H21ClN2O3. The lowest BCUT2D eigenvalue weighted by molar-refractivity contribution is -0.117. The van der Waals surface area contributed by atoms with Crippen molar-refractivity contribution < 1.29 is 14.3 Å². The minimum absolute atomic E-state index is 0.0590. The van der Waals surface area contributed by atoms with Crippen LogP contribution in [-0.2, 0) is 9.53 Å². The molecule has 0 bridgehead atoms. The zero-order chi connectivity index (χ0) is 15.1. The third-order valence-corrected chi connectivity index (χ3v) is 3.40. The Morgan fingerprint density at radius 2 is 2.43 bits per heavy atom. The van der Waals surface area contributed by atoms with E-state index in [2.05, 4.69) is 10.6 Å². The summed E-state index contributed by atoms with van der Waals surface area (Å²) in [6.07, 6.45) is 1.30. The summed E-state index contributed by atoms with van der Waals surface area (Å²) in [5.74, 6) is 0.579. The van der Waals surface area contributed by atoms with Gasteiger partial charge in [-0.15, -0.1) is 0 Å². The third kappa shape index (κ3) is 5.19. The summed E-state index contributed by atoms with van der Waals surface area (Å²) in [5.41, 5.74) is 0.672. The number of carbonyl (C=O) groups is 1. The van der Waals surface area contributed by atoms with E-state index in [0.29, 0.717) is 42.7 Å². The monoisotopic (exact) mass is 312 g/mol. The van der Waals surface area contributed by atoms with Crippen molar-refractivity contribution in [3.63, 3.8) is 0 Å². The number of rotatable bonds is 6. The second-order valence-electron chi connectivity index (χ2n) is 4.97. The van der Waals surface area contributed by atoms with Crippen molar-refractivity contribution in [3.8, 4) is 5.75 Å². The number of amides is 1. The molecule has 1 fully saturated rings. The zero-order valence-corrected chi connectivity index (χ0v) is 12.9. The molecule has 2 rings (SSSR count). The highest BCUT2D eigenvalue weighted by Crippen LogP contribution is 2.27. The molecule has 0 aliphatic carbocycles. The van der Waals surface area contributed by atoms with Crippen LogP contribution in [0.1, 0.15) is 19.8 Å². The largest absolute Gasteiger partial charge is 0.492 e. The Bertz CT molecular complexity index is 476. The Morgan fingerprint density at radius 3 is 3.10 bits per heavy atom. The second-order valence-corrected chi connectivity index (χ2v) is 5.38. The van der Waals surface area contributed by atoms with Crippen molar-refractivity contribution in [1.29, 1.82) is 0 Å². The summed E-state index contributed by atoms with van der Waals surface area (Å²) in [5, 5.41) is 6.59. The van der Waals surface area contributed by atoms with Gasteiger partial charge < -0.3 is 20.1 Å². The van der Waals surface area contributed by atoms with Crippen LogP contribution in [0.4, 0.5) is 5.69 Å². The highest BCUT2D eigenvalue weighted by molar-refractivity contribution is 6.32. The van der Waals surface area contributed by atoms with Gasteiger partial charge in [-0.3, -0.25) is 4.79 Å². The summed E-state index contributed by atoms with van der Waals surface area (Å²) in [7, 11) is 0. The molecule has 1 amide bonds. The van der Waals surface area contributed by atoms with Gasteiger partial charge in [-0.25, -0.2) is 0 Å². The Labute approximate surface area is 130 Å². The molecule has 5 nitrogen and oxygen atoms in total. The number of halogens is 1. The number of ether oxygens (including phenoxy) is 2. The van der Waals surface area contributed by atoms with Crippen LogP contribution in [0, 0.1) is 0 Å². The van der Waals surface area contributed by atoms with Crippen LogP contribution >= 0.6 is 11.6 Å². The maximum Gasteiger partial charge on any atom is 0.226 e. The Morgan fingerprint density at radius 1 is 1.57 bits per heavy atom. The first kappa shape index (κ1) is 16.1. The predicted molar refractivity (Wildman–Crippen MR) is 83.1 cm³/mol. The molecule has 0 radical (unpaired) electrons. The fourth-order valence-electron chi connectivity index (χ4n) is 2.09. The van der Waals surface area contributed by atoms with E-state index in [9.17, 15) is 4.79 Å². The quantitative estimate of drug-likeness (QED) is 0.847.